The molecule has 3 saturated heterocycles. The van der Waals surface area contributed by atoms with Gasteiger partial charge in [-0.3, -0.25) is 9.38 Å². The Morgan fingerprint density at radius 1 is 1.07 bits per heavy atom. The van der Waals surface area contributed by atoms with Gasteiger partial charge in [-0.15, -0.1) is 0 Å². The maximum atomic E-state index is 14.4. The van der Waals surface area contributed by atoms with Gasteiger partial charge in [-0.1, -0.05) is 46.3 Å². The number of aldehydes is 1. The number of anilines is 1. The molecular formula is C36H49BrN5O4+. The summed E-state index contributed by atoms with van der Waals surface area (Å²) in [6.45, 7) is 9.03. The Bertz CT molecular complexity index is 1420. The molecule has 0 bridgehead atoms. The lowest BCUT2D eigenvalue weighted by Crippen LogP contribution is -2.80. The molecule has 0 aromatic heterocycles. The molecule has 6 rings (SSSR count). The summed E-state index contributed by atoms with van der Waals surface area (Å²) in [5, 5.41) is 6.70. The van der Waals surface area contributed by atoms with E-state index >= 15 is 0 Å². The highest BCUT2D eigenvalue weighted by molar-refractivity contribution is 9.10. The van der Waals surface area contributed by atoms with Gasteiger partial charge in [-0.25, -0.2) is 9.59 Å². The van der Waals surface area contributed by atoms with Gasteiger partial charge in [0.05, 0.1) is 25.6 Å². The molecule has 0 spiro atoms. The zero-order valence-electron chi connectivity index (χ0n) is 27.4. The molecular weight excluding hydrogens is 646 g/mol. The predicted octanol–water partition coefficient (Wildman–Crippen LogP) is 6.30. The second kappa shape index (κ2) is 14.0. The van der Waals surface area contributed by atoms with Crippen molar-refractivity contribution < 1.29 is 23.6 Å². The van der Waals surface area contributed by atoms with E-state index in [1.54, 1.807) is 0 Å². The van der Waals surface area contributed by atoms with Crippen LogP contribution in [0.5, 0.6) is 0 Å². The Balaban J connectivity index is 1.36. The first kappa shape index (κ1) is 33.0. The fourth-order valence-corrected chi connectivity index (χ4v) is 9.34. The van der Waals surface area contributed by atoms with Crippen LogP contribution in [0.25, 0.3) is 0 Å². The second-order valence-electron chi connectivity index (χ2n) is 13.8. The summed E-state index contributed by atoms with van der Waals surface area (Å²) >= 11 is 3.64. The Hall–Kier alpha value is -2.95. The first-order chi connectivity index (χ1) is 22.3. The summed E-state index contributed by atoms with van der Waals surface area (Å²) in [7, 11) is 0. The van der Waals surface area contributed by atoms with Crippen LogP contribution < -0.4 is 10.6 Å². The van der Waals surface area contributed by atoms with E-state index in [0.29, 0.717) is 32.0 Å². The van der Waals surface area contributed by atoms with Crippen LogP contribution in [-0.2, 0) is 22.6 Å². The third-order valence-electron chi connectivity index (χ3n) is 11.3. The molecule has 2 N–H and O–H groups in total. The molecule has 2 atom stereocenters. The van der Waals surface area contributed by atoms with Crippen molar-refractivity contribution in [3.05, 3.63) is 63.1 Å². The van der Waals surface area contributed by atoms with E-state index in [9.17, 15) is 14.4 Å². The normalized spacial score (nSPS) is 25.3. The molecule has 0 aliphatic carbocycles. The fraction of sp³-hybridized carbons (Fsp3) is 0.583. The predicted molar refractivity (Wildman–Crippen MR) is 183 cm³/mol. The third kappa shape index (κ3) is 6.20. The number of quaternary nitrogens is 1. The number of hydrogen-bond donors (Lipinski definition) is 2. The minimum absolute atomic E-state index is 0.0981. The SMILES string of the molecule is Cc1cc(COC(=O)N2CC[C@@H](N3CCc4ccccc4NC3=O)C[C@]2(CC=O)[N+]2(C3CCNCC3)CCCCC2)cc(C)c1Br. The molecule has 4 heterocycles. The number of urea groups is 1. The molecule has 10 heteroatoms. The number of ether oxygens (including phenoxy) is 1. The first-order valence-corrected chi connectivity index (χ1v) is 17.9. The number of nitrogens with one attached hydrogen (secondary N) is 2. The molecule has 0 unspecified atom stereocenters. The van der Waals surface area contributed by atoms with Gasteiger partial charge >= 0.3 is 12.1 Å². The summed E-state index contributed by atoms with van der Waals surface area (Å²) in [6, 6.07) is 12.2. The molecule has 46 heavy (non-hydrogen) atoms. The lowest BCUT2D eigenvalue weighted by molar-refractivity contribution is -1.01. The van der Waals surface area contributed by atoms with Gasteiger partial charge < -0.3 is 25.1 Å². The van der Waals surface area contributed by atoms with Crippen LogP contribution in [0.3, 0.4) is 0 Å². The van der Waals surface area contributed by atoms with Crippen LogP contribution in [0.4, 0.5) is 15.3 Å². The number of carbonyl (C=O) groups is 3. The lowest BCUT2D eigenvalue weighted by atomic mass is 9.80. The number of aryl methyl sites for hydroxylation is 2. The molecule has 4 aliphatic heterocycles. The van der Waals surface area contributed by atoms with Crippen molar-refractivity contribution in [3.63, 3.8) is 0 Å². The van der Waals surface area contributed by atoms with Crippen LogP contribution in [0.2, 0.25) is 0 Å². The second-order valence-corrected chi connectivity index (χ2v) is 14.6. The standard InChI is InChI=1S/C36H48BrN5O4/c1-26-22-28(23-27(2)33(26)37)25-46-35(45)41-18-13-30(40-17-12-29-8-4-5-9-32(29)39-34(40)44)24-36(41,14-21-43)42(19-6-3-7-20-42)31-10-15-38-16-11-31/h4-5,8-9,21-23,30-31,38H,3,6-7,10-20,24-25H2,1-2H3/p+1/t30-,36+/m1/s1. The number of carbonyl (C=O) groups excluding carboxylic acids is 3. The van der Waals surface area contributed by atoms with E-state index in [0.717, 1.165) is 108 Å². The minimum atomic E-state index is -0.796. The number of nitrogens with zero attached hydrogens (tertiary/aromatic N) is 3. The molecule has 3 fully saturated rings. The Kier molecular flexibility index (Phi) is 10.1. The summed E-state index contributed by atoms with van der Waals surface area (Å²) in [6.07, 6.45) is 8.16. The van der Waals surface area contributed by atoms with Gasteiger partial charge in [0.1, 0.15) is 12.9 Å². The number of hydrogen-bond acceptors (Lipinski definition) is 5. The van der Waals surface area contributed by atoms with Crippen LogP contribution in [-0.4, -0.2) is 89.7 Å². The summed E-state index contributed by atoms with van der Waals surface area (Å²) < 4.78 is 7.94. The van der Waals surface area contributed by atoms with Crippen LogP contribution in [0.1, 0.15) is 73.6 Å². The quantitative estimate of drug-likeness (QED) is 0.263. The van der Waals surface area contributed by atoms with Crippen molar-refractivity contribution in [3.8, 4) is 0 Å². The average molecular weight is 696 g/mol. The highest BCUT2D eigenvalue weighted by Crippen LogP contribution is 2.47. The Labute approximate surface area is 281 Å². The van der Waals surface area contributed by atoms with Crippen LogP contribution in [0, 0.1) is 13.8 Å². The molecule has 9 nitrogen and oxygen atoms in total. The molecule has 0 saturated carbocycles. The van der Waals surface area contributed by atoms with Gasteiger partial charge in [-0.05, 0) is 74.3 Å². The average Bonchev–Trinajstić information content (AvgIpc) is 3.24. The molecule has 2 aromatic carbocycles. The van der Waals surface area contributed by atoms with Gasteiger partial charge in [0, 0.05) is 61.6 Å². The molecule has 2 aromatic rings. The highest BCUT2D eigenvalue weighted by atomic mass is 79.9. The van der Waals surface area contributed by atoms with Gasteiger partial charge in [0.2, 0.25) is 0 Å². The maximum absolute atomic E-state index is 14.4. The van der Waals surface area contributed by atoms with Crippen molar-refractivity contribution in [1.82, 2.24) is 15.1 Å². The van der Waals surface area contributed by atoms with E-state index in [1.165, 1.54) is 0 Å². The Morgan fingerprint density at radius 2 is 1.78 bits per heavy atom. The topological polar surface area (TPSA) is 91.0 Å². The summed E-state index contributed by atoms with van der Waals surface area (Å²) in [5.74, 6) is 0. The van der Waals surface area contributed by atoms with Crippen molar-refractivity contribution in [2.75, 3.05) is 44.6 Å². The maximum Gasteiger partial charge on any atom is 0.414 e. The monoisotopic (exact) mass is 694 g/mol. The van der Waals surface area contributed by atoms with Gasteiger partial charge in [0.25, 0.3) is 0 Å². The van der Waals surface area contributed by atoms with Crippen LogP contribution in [0.15, 0.2) is 40.9 Å². The lowest BCUT2D eigenvalue weighted by Gasteiger charge is -2.64. The van der Waals surface area contributed by atoms with E-state index in [1.807, 2.05) is 41.8 Å². The van der Waals surface area contributed by atoms with Gasteiger partial charge in [-0.2, -0.15) is 0 Å². The molecule has 3 amide bonds. The van der Waals surface area contributed by atoms with Crippen molar-refractivity contribution in [2.45, 2.75) is 96.0 Å². The van der Waals surface area contributed by atoms with E-state index < -0.39 is 5.66 Å². The number of para-hydroxylation sites is 1. The smallest absolute Gasteiger partial charge is 0.414 e. The summed E-state index contributed by atoms with van der Waals surface area (Å²) in [4.78, 5) is 44.9. The number of amides is 3. The third-order valence-corrected chi connectivity index (χ3v) is 12.5. The van der Waals surface area contributed by atoms with Gasteiger partial charge in [0.15, 0.2) is 5.66 Å². The van der Waals surface area contributed by atoms with Crippen molar-refractivity contribution in [1.29, 1.82) is 0 Å². The zero-order valence-corrected chi connectivity index (χ0v) is 28.9. The Morgan fingerprint density at radius 3 is 2.50 bits per heavy atom. The highest BCUT2D eigenvalue weighted by Gasteiger charge is 2.63. The summed E-state index contributed by atoms with van der Waals surface area (Å²) in [5.41, 5.74) is 4.35. The van der Waals surface area contributed by atoms with E-state index in [-0.39, 0.29) is 31.2 Å². The molecule has 0 radical (unpaired) electrons. The largest absolute Gasteiger partial charge is 0.444 e. The van der Waals surface area contributed by atoms with Crippen molar-refractivity contribution in [2.24, 2.45) is 0 Å². The first-order valence-electron chi connectivity index (χ1n) is 17.1. The molecule has 248 valence electrons. The van der Waals surface area contributed by atoms with Crippen molar-refractivity contribution >= 4 is 40.0 Å². The van der Waals surface area contributed by atoms with E-state index in [4.69, 9.17) is 4.74 Å². The number of piperidine rings is 3. The molecule has 4 aliphatic rings. The zero-order chi connectivity index (χ0) is 32.3. The number of benzene rings is 2. The fourth-order valence-electron chi connectivity index (χ4n) is 9.11. The number of rotatable bonds is 7. The minimum Gasteiger partial charge on any atom is -0.444 e. The number of halogens is 1. The number of fused-ring (bicyclic) bond motifs is 1. The number of likely N-dealkylation sites (tertiary alicyclic amines) is 2. The van der Waals surface area contributed by atoms with E-state index in [2.05, 4.69) is 44.8 Å². The van der Waals surface area contributed by atoms with Crippen LogP contribution >= 0.6 is 15.9 Å².